The van der Waals surface area contributed by atoms with Gasteiger partial charge in [0.15, 0.2) is 0 Å². The molecule has 0 aromatic carbocycles. The summed E-state index contributed by atoms with van der Waals surface area (Å²) in [5.74, 6) is -1.32. The number of carboxylic acids is 1. The van der Waals surface area contributed by atoms with Gasteiger partial charge in [0, 0.05) is 19.0 Å². The molecule has 1 aliphatic heterocycles. The summed E-state index contributed by atoms with van der Waals surface area (Å²) in [5.41, 5.74) is 4.49. The standard InChI is InChI=1S/C10H18N2O3/c1-7(8(11)13)5-12-4-3-10(2,6-12)9(14)15/h7H,3-6H2,1-2H3,(H2,11,13)(H,14,15). The molecule has 1 aliphatic rings. The molecule has 86 valence electrons. The molecular weight excluding hydrogens is 196 g/mol. The maximum Gasteiger partial charge on any atom is 0.310 e. The highest BCUT2D eigenvalue weighted by Crippen LogP contribution is 2.30. The van der Waals surface area contributed by atoms with Crippen LogP contribution in [0.5, 0.6) is 0 Å². The first-order valence-corrected chi connectivity index (χ1v) is 5.10. The van der Waals surface area contributed by atoms with Crippen molar-refractivity contribution in [2.45, 2.75) is 20.3 Å². The van der Waals surface area contributed by atoms with Crippen molar-refractivity contribution in [1.82, 2.24) is 4.90 Å². The molecule has 0 aromatic rings. The number of nitrogens with zero attached hydrogens (tertiary/aromatic N) is 1. The second-order valence-corrected chi connectivity index (χ2v) is 4.65. The van der Waals surface area contributed by atoms with Crippen molar-refractivity contribution >= 4 is 11.9 Å². The maximum absolute atomic E-state index is 11.0. The predicted octanol–water partition coefficient (Wildman–Crippen LogP) is -0.0956. The third-order valence-corrected chi connectivity index (χ3v) is 3.09. The van der Waals surface area contributed by atoms with Crippen LogP contribution in [0.4, 0.5) is 0 Å². The second kappa shape index (κ2) is 4.18. The summed E-state index contributed by atoms with van der Waals surface area (Å²) in [6, 6.07) is 0. The lowest BCUT2D eigenvalue weighted by Gasteiger charge is -2.21. The van der Waals surface area contributed by atoms with Gasteiger partial charge >= 0.3 is 5.97 Å². The van der Waals surface area contributed by atoms with Crippen molar-refractivity contribution in [2.75, 3.05) is 19.6 Å². The van der Waals surface area contributed by atoms with Crippen LogP contribution in [0.15, 0.2) is 0 Å². The quantitative estimate of drug-likeness (QED) is 0.684. The molecule has 2 atom stereocenters. The van der Waals surface area contributed by atoms with E-state index >= 15 is 0 Å². The third-order valence-electron chi connectivity index (χ3n) is 3.09. The van der Waals surface area contributed by atoms with Crippen LogP contribution in [-0.4, -0.2) is 41.5 Å². The molecule has 0 aromatic heterocycles. The summed E-state index contributed by atoms with van der Waals surface area (Å²) in [7, 11) is 0. The van der Waals surface area contributed by atoms with Crippen molar-refractivity contribution in [3.8, 4) is 0 Å². The first kappa shape index (κ1) is 12.0. The third kappa shape index (κ3) is 2.68. The number of primary amides is 1. The zero-order valence-electron chi connectivity index (χ0n) is 9.19. The summed E-state index contributed by atoms with van der Waals surface area (Å²) >= 11 is 0. The van der Waals surface area contributed by atoms with Gasteiger partial charge in [-0.2, -0.15) is 0 Å². The van der Waals surface area contributed by atoms with Gasteiger partial charge in [0.25, 0.3) is 0 Å². The molecular formula is C10H18N2O3. The molecule has 1 rings (SSSR count). The normalized spacial score (nSPS) is 28.9. The molecule has 1 heterocycles. The Morgan fingerprint density at radius 2 is 2.20 bits per heavy atom. The van der Waals surface area contributed by atoms with Crippen LogP contribution < -0.4 is 5.73 Å². The first-order chi connectivity index (χ1) is 6.85. The molecule has 0 radical (unpaired) electrons. The molecule has 1 fully saturated rings. The van der Waals surface area contributed by atoms with Crippen LogP contribution in [0, 0.1) is 11.3 Å². The number of hydrogen-bond donors (Lipinski definition) is 2. The average molecular weight is 214 g/mol. The number of likely N-dealkylation sites (tertiary alicyclic amines) is 1. The highest BCUT2D eigenvalue weighted by Gasteiger charge is 2.40. The van der Waals surface area contributed by atoms with Crippen LogP contribution in [0.1, 0.15) is 20.3 Å². The topological polar surface area (TPSA) is 83.6 Å². The van der Waals surface area contributed by atoms with E-state index in [-0.39, 0.29) is 11.8 Å². The Balaban J connectivity index is 2.50. The van der Waals surface area contributed by atoms with Crippen molar-refractivity contribution in [2.24, 2.45) is 17.1 Å². The lowest BCUT2D eigenvalue weighted by atomic mass is 9.90. The molecule has 2 unspecified atom stereocenters. The van der Waals surface area contributed by atoms with Crippen LogP contribution in [-0.2, 0) is 9.59 Å². The molecule has 15 heavy (non-hydrogen) atoms. The fraction of sp³-hybridized carbons (Fsp3) is 0.800. The van der Waals surface area contributed by atoms with Gasteiger partial charge < -0.3 is 15.7 Å². The molecule has 5 heteroatoms. The number of carbonyl (C=O) groups is 2. The SMILES string of the molecule is CC(CN1CCC(C)(C(=O)O)C1)C(N)=O. The fourth-order valence-electron chi connectivity index (χ4n) is 1.86. The van der Waals surface area contributed by atoms with Crippen LogP contribution in [0.25, 0.3) is 0 Å². The lowest BCUT2D eigenvalue weighted by molar-refractivity contribution is -0.147. The minimum Gasteiger partial charge on any atom is -0.481 e. The molecule has 1 amide bonds. The van der Waals surface area contributed by atoms with Crippen molar-refractivity contribution in [1.29, 1.82) is 0 Å². The Kier molecular flexibility index (Phi) is 3.34. The van der Waals surface area contributed by atoms with Gasteiger partial charge in [0.05, 0.1) is 5.41 Å². The van der Waals surface area contributed by atoms with Crippen molar-refractivity contribution < 1.29 is 14.7 Å². The van der Waals surface area contributed by atoms with E-state index < -0.39 is 11.4 Å². The fourth-order valence-corrected chi connectivity index (χ4v) is 1.86. The largest absolute Gasteiger partial charge is 0.481 e. The molecule has 0 saturated carbocycles. The maximum atomic E-state index is 11.0. The average Bonchev–Trinajstić information content (AvgIpc) is 2.48. The van der Waals surface area contributed by atoms with E-state index in [2.05, 4.69) is 0 Å². The summed E-state index contributed by atoms with van der Waals surface area (Å²) in [6.45, 7) is 5.28. The Bertz CT molecular complexity index is 280. The van der Waals surface area contributed by atoms with Crippen molar-refractivity contribution in [3.05, 3.63) is 0 Å². The number of amides is 1. The van der Waals surface area contributed by atoms with Gasteiger partial charge in [-0.25, -0.2) is 0 Å². The first-order valence-electron chi connectivity index (χ1n) is 5.10. The van der Waals surface area contributed by atoms with Gasteiger partial charge in [-0.1, -0.05) is 6.92 Å². The van der Waals surface area contributed by atoms with E-state index in [9.17, 15) is 9.59 Å². The number of carbonyl (C=O) groups excluding carboxylic acids is 1. The van der Waals surface area contributed by atoms with E-state index in [1.807, 2.05) is 4.90 Å². The summed E-state index contributed by atoms with van der Waals surface area (Å²) in [6.07, 6.45) is 0.633. The summed E-state index contributed by atoms with van der Waals surface area (Å²) in [4.78, 5) is 23.8. The van der Waals surface area contributed by atoms with E-state index in [0.29, 0.717) is 19.5 Å². The van der Waals surface area contributed by atoms with Gasteiger partial charge in [-0.05, 0) is 19.9 Å². The second-order valence-electron chi connectivity index (χ2n) is 4.65. The van der Waals surface area contributed by atoms with Crippen molar-refractivity contribution in [3.63, 3.8) is 0 Å². The van der Waals surface area contributed by atoms with Gasteiger partial charge in [0.1, 0.15) is 0 Å². The molecule has 1 saturated heterocycles. The molecule has 3 N–H and O–H groups in total. The number of rotatable bonds is 4. The van der Waals surface area contributed by atoms with Crippen LogP contribution in [0.2, 0.25) is 0 Å². The highest BCUT2D eigenvalue weighted by atomic mass is 16.4. The zero-order valence-corrected chi connectivity index (χ0v) is 9.19. The molecule has 0 aliphatic carbocycles. The minimum absolute atomic E-state index is 0.221. The number of carboxylic acid groups (broad SMARTS) is 1. The van der Waals surface area contributed by atoms with E-state index in [1.165, 1.54) is 0 Å². The smallest absolute Gasteiger partial charge is 0.310 e. The van der Waals surface area contributed by atoms with E-state index in [0.717, 1.165) is 6.54 Å². The summed E-state index contributed by atoms with van der Waals surface area (Å²) < 4.78 is 0. The highest BCUT2D eigenvalue weighted by molar-refractivity contribution is 5.76. The Morgan fingerprint density at radius 1 is 1.60 bits per heavy atom. The monoisotopic (exact) mass is 214 g/mol. The van der Waals surface area contributed by atoms with Gasteiger partial charge in [0.2, 0.25) is 5.91 Å². The van der Waals surface area contributed by atoms with E-state index in [1.54, 1.807) is 13.8 Å². The molecule has 0 bridgehead atoms. The molecule has 0 spiro atoms. The molecule has 5 nitrogen and oxygen atoms in total. The van der Waals surface area contributed by atoms with E-state index in [4.69, 9.17) is 10.8 Å². The Labute approximate surface area is 89.2 Å². The number of hydrogen-bond acceptors (Lipinski definition) is 3. The zero-order chi connectivity index (χ0) is 11.6. The number of nitrogens with two attached hydrogens (primary N) is 1. The minimum atomic E-state index is -0.767. The Morgan fingerprint density at radius 3 is 2.60 bits per heavy atom. The number of aliphatic carboxylic acids is 1. The lowest BCUT2D eigenvalue weighted by Crippen LogP contribution is -2.36. The van der Waals surface area contributed by atoms with Gasteiger partial charge in [-0.15, -0.1) is 0 Å². The predicted molar refractivity (Wildman–Crippen MR) is 55.2 cm³/mol. The summed E-state index contributed by atoms with van der Waals surface area (Å²) in [5, 5.41) is 9.02. The van der Waals surface area contributed by atoms with Crippen LogP contribution >= 0.6 is 0 Å². The Hall–Kier alpha value is -1.10. The van der Waals surface area contributed by atoms with Gasteiger partial charge in [-0.3, -0.25) is 9.59 Å². The van der Waals surface area contributed by atoms with Crippen LogP contribution in [0.3, 0.4) is 0 Å².